The van der Waals surface area contributed by atoms with Crippen molar-refractivity contribution in [1.82, 2.24) is 4.98 Å². The molecule has 0 spiro atoms. The zero-order valence-corrected chi connectivity index (χ0v) is 13.8. The van der Waals surface area contributed by atoms with Gasteiger partial charge in [0.2, 0.25) is 0 Å². The third-order valence-electron chi connectivity index (χ3n) is 2.27. The number of hydrogen-bond acceptors (Lipinski definition) is 4. The summed E-state index contributed by atoms with van der Waals surface area (Å²) in [7, 11) is 0. The number of halogens is 2. The first-order valence-electron chi connectivity index (χ1n) is 5.24. The van der Waals surface area contributed by atoms with Crippen LogP contribution in [-0.4, -0.2) is 16.1 Å². The second-order valence-electron chi connectivity index (χ2n) is 3.71. The summed E-state index contributed by atoms with van der Waals surface area (Å²) in [6.45, 7) is 2.33. The van der Waals surface area contributed by atoms with E-state index >= 15 is 0 Å². The van der Waals surface area contributed by atoms with Crippen molar-refractivity contribution in [3.05, 3.63) is 42.7 Å². The number of aromatic nitrogens is 1. The first-order chi connectivity index (χ1) is 8.97. The lowest BCUT2D eigenvalue weighted by atomic mass is 10.2. The van der Waals surface area contributed by atoms with E-state index in [1.54, 1.807) is 17.5 Å². The highest BCUT2D eigenvalue weighted by atomic mass is 79.9. The van der Waals surface area contributed by atoms with Crippen LogP contribution in [0.25, 0.3) is 0 Å². The maximum absolute atomic E-state index is 10.9. The molecular formula is C12H9Br2NO3S. The van der Waals surface area contributed by atoms with Crippen LogP contribution in [0.2, 0.25) is 0 Å². The molecule has 2 rings (SSSR count). The Balaban J connectivity index is 2.18. The number of thiazole rings is 1. The molecule has 2 aromatic rings. The normalized spacial score (nSPS) is 10.5. The van der Waals surface area contributed by atoms with Crippen LogP contribution in [0.3, 0.4) is 0 Å². The summed E-state index contributed by atoms with van der Waals surface area (Å²) in [5.74, 6) is -0.401. The summed E-state index contributed by atoms with van der Waals surface area (Å²) in [6, 6.07) is 3.03. The smallest absolute Gasteiger partial charge is 0.335 e. The van der Waals surface area contributed by atoms with E-state index in [-0.39, 0.29) is 5.56 Å². The Kier molecular flexibility index (Phi) is 4.59. The SMILES string of the molecule is Cc1ncc(COc2c(Br)cc(C(=O)O)cc2Br)s1. The van der Waals surface area contributed by atoms with E-state index in [4.69, 9.17) is 9.84 Å². The number of carbonyl (C=O) groups is 1. The van der Waals surface area contributed by atoms with Gasteiger partial charge in [-0.25, -0.2) is 9.78 Å². The molecule has 4 nitrogen and oxygen atoms in total. The molecule has 0 bridgehead atoms. The average Bonchev–Trinajstić information content (AvgIpc) is 2.73. The van der Waals surface area contributed by atoms with Gasteiger partial charge in [0.25, 0.3) is 0 Å². The number of rotatable bonds is 4. The Bertz CT molecular complexity index is 604. The lowest BCUT2D eigenvalue weighted by molar-refractivity contribution is 0.0696. The summed E-state index contributed by atoms with van der Waals surface area (Å²) in [4.78, 5) is 16.1. The Morgan fingerprint density at radius 1 is 1.42 bits per heavy atom. The summed E-state index contributed by atoms with van der Waals surface area (Å²) >= 11 is 8.19. The van der Waals surface area contributed by atoms with Gasteiger partial charge in [0, 0.05) is 6.20 Å². The highest BCUT2D eigenvalue weighted by Crippen LogP contribution is 2.35. The predicted octanol–water partition coefficient (Wildman–Crippen LogP) is 4.25. The van der Waals surface area contributed by atoms with E-state index in [9.17, 15) is 4.79 Å². The van der Waals surface area contributed by atoms with Crippen molar-refractivity contribution < 1.29 is 14.6 Å². The van der Waals surface area contributed by atoms with E-state index < -0.39 is 5.97 Å². The zero-order chi connectivity index (χ0) is 14.0. The average molecular weight is 407 g/mol. The van der Waals surface area contributed by atoms with Crippen LogP contribution in [0.4, 0.5) is 0 Å². The van der Waals surface area contributed by atoms with Gasteiger partial charge in [-0.05, 0) is 50.9 Å². The Labute approximate surface area is 130 Å². The van der Waals surface area contributed by atoms with Gasteiger partial charge in [-0.1, -0.05) is 0 Å². The molecule has 0 saturated carbocycles. The molecule has 0 aliphatic carbocycles. The van der Waals surface area contributed by atoms with Gasteiger partial charge in [-0.15, -0.1) is 11.3 Å². The highest BCUT2D eigenvalue weighted by molar-refractivity contribution is 9.11. The minimum Gasteiger partial charge on any atom is -0.486 e. The van der Waals surface area contributed by atoms with E-state index in [0.29, 0.717) is 21.3 Å². The number of carboxylic acid groups (broad SMARTS) is 1. The largest absolute Gasteiger partial charge is 0.486 e. The number of aromatic carboxylic acids is 1. The van der Waals surface area contributed by atoms with Crippen LogP contribution in [0.5, 0.6) is 5.75 Å². The van der Waals surface area contributed by atoms with Crippen molar-refractivity contribution in [2.75, 3.05) is 0 Å². The molecule has 1 heterocycles. The van der Waals surface area contributed by atoms with E-state index in [2.05, 4.69) is 36.8 Å². The van der Waals surface area contributed by atoms with Crippen molar-refractivity contribution in [3.63, 3.8) is 0 Å². The number of hydrogen-bond donors (Lipinski definition) is 1. The maximum atomic E-state index is 10.9. The fourth-order valence-corrected chi connectivity index (χ4v) is 3.56. The van der Waals surface area contributed by atoms with Gasteiger partial charge in [-0.2, -0.15) is 0 Å². The molecule has 0 unspecified atom stereocenters. The molecular weight excluding hydrogens is 398 g/mol. The molecule has 7 heteroatoms. The van der Waals surface area contributed by atoms with Crippen molar-refractivity contribution in [2.24, 2.45) is 0 Å². The quantitative estimate of drug-likeness (QED) is 0.824. The maximum Gasteiger partial charge on any atom is 0.335 e. The van der Waals surface area contributed by atoms with E-state index in [0.717, 1.165) is 9.88 Å². The summed E-state index contributed by atoms with van der Waals surface area (Å²) in [5, 5.41) is 9.93. The minimum atomic E-state index is -0.981. The number of carboxylic acids is 1. The third-order valence-corrected chi connectivity index (χ3v) is 4.34. The fraction of sp³-hybridized carbons (Fsp3) is 0.167. The molecule has 0 amide bonds. The molecule has 0 radical (unpaired) electrons. The summed E-state index contributed by atoms with van der Waals surface area (Å²) in [6.07, 6.45) is 1.77. The molecule has 0 aliphatic rings. The van der Waals surface area contributed by atoms with E-state index in [1.807, 2.05) is 6.92 Å². The first kappa shape index (κ1) is 14.5. The first-order valence-corrected chi connectivity index (χ1v) is 7.64. The molecule has 0 aliphatic heterocycles. The second kappa shape index (κ2) is 6.02. The van der Waals surface area contributed by atoms with Crippen molar-refractivity contribution >= 4 is 49.2 Å². The van der Waals surface area contributed by atoms with Crippen molar-refractivity contribution in [3.8, 4) is 5.75 Å². The topological polar surface area (TPSA) is 59.4 Å². The number of nitrogens with zero attached hydrogens (tertiary/aromatic N) is 1. The molecule has 0 fully saturated rings. The Morgan fingerprint density at radius 3 is 2.53 bits per heavy atom. The zero-order valence-electron chi connectivity index (χ0n) is 9.81. The second-order valence-corrected chi connectivity index (χ2v) is 6.74. The van der Waals surface area contributed by atoms with Gasteiger partial charge in [0.15, 0.2) is 0 Å². The van der Waals surface area contributed by atoms with Gasteiger partial charge >= 0.3 is 5.97 Å². The Morgan fingerprint density at radius 2 is 2.05 bits per heavy atom. The summed E-state index contributed by atoms with van der Waals surface area (Å²) in [5.41, 5.74) is 0.194. The van der Waals surface area contributed by atoms with Crippen molar-refractivity contribution in [2.45, 2.75) is 13.5 Å². The van der Waals surface area contributed by atoms with Crippen LogP contribution in [-0.2, 0) is 6.61 Å². The van der Waals surface area contributed by atoms with Gasteiger partial charge in [-0.3, -0.25) is 0 Å². The minimum absolute atomic E-state index is 0.194. The monoisotopic (exact) mass is 405 g/mol. The molecule has 1 N–H and O–H groups in total. The molecule has 0 saturated heterocycles. The summed E-state index contributed by atoms with van der Waals surface area (Å²) < 4.78 is 6.88. The number of ether oxygens (including phenoxy) is 1. The lowest BCUT2D eigenvalue weighted by Crippen LogP contribution is -1.99. The van der Waals surface area contributed by atoms with Crippen molar-refractivity contribution in [1.29, 1.82) is 0 Å². The van der Waals surface area contributed by atoms with Crippen LogP contribution in [0.1, 0.15) is 20.2 Å². The number of benzene rings is 1. The highest BCUT2D eigenvalue weighted by Gasteiger charge is 2.13. The molecule has 100 valence electrons. The van der Waals surface area contributed by atoms with Crippen LogP contribution < -0.4 is 4.74 Å². The molecule has 1 aromatic carbocycles. The van der Waals surface area contributed by atoms with Crippen LogP contribution >= 0.6 is 43.2 Å². The van der Waals surface area contributed by atoms with Gasteiger partial charge in [0.1, 0.15) is 12.4 Å². The van der Waals surface area contributed by atoms with Crippen LogP contribution in [0.15, 0.2) is 27.3 Å². The molecule has 0 atom stereocenters. The third kappa shape index (κ3) is 3.55. The number of aryl methyl sites for hydroxylation is 1. The lowest BCUT2D eigenvalue weighted by Gasteiger charge is -2.10. The molecule has 1 aromatic heterocycles. The van der Waals surface area contributed by atoms with Gasteiger partial charge in [0.05, 0.1) is 24.4 Å². The standard InChI is InChI=1S/C12H9Br2NO3S/c1-6-15-4-8(19-6)5-18-11-9(13)2-7(12(16)17)3-10(11)14/h2-4H,5H2,1H3,(H,16,17). The fourth-order valence-electron chi connectivity index (χ4n) is 1.44. The molecule has 19 heavy (non-hydrogen) atoms. The Hall–Kier alpha value is -0.920. The predicted molar refractivity (Wildman–Crippen MR) is 80.0 cm³/mol. The van der Waals surface area contributed by atoms with Gasteiger partial charge < -0.3 is 9.84 Å². The van der Waals surface area contributed by atoms with Crippen LogP contribution in [0, 0.1) is 6.92 Å². The van der Waals surface area contributed by atoms with E-state index in [1.165, 1.54) is 12.1 Å².